The van der Waals surface area contributed by atoms with E-state index in [0.717, 1.165) is 17.5 Å². The van der Waals surface area contributed by atoms with Crippen LogP contribution in [0.25, 0.3) is 0 Å². The summed E-state index contributed by atoms with van der Waals surface area (Å²) < 4.78 is 5.28. The topological polar surface area (TPSA) is 72.5 Å². The van der Waals surface area contributed by atoms with E-state index in [-0.39, 0.29) is 5.78 Å². The molecule has 0 aliphatic carbocycles. The molecule has 128 valence electrons. The van der Waals surface area contributed by atoms with Gasteiger partial charge in [-0.1, -0.05) is 31.2 Å². The molecular formula is C20H19NO4. The maximum absolute atomic E-state index is 12.5. The number of nitrogens with one attached hydrogen (secondary N) is 1. The number of anilines is 1. The number of esters is 1. The number of carbonyl (C=O) groups excluding carboxylic acids is 3. The molecule has 0 aromatic heterocycles. The molecule has 5 heteroatoms. The maximum Gasteiger partial charge on any atom is 0.339 e. The summed E-state index contributed by atoms with van der Waals surface area (Å²) in [5, 5.41) is 2.72. The van der Waals surface area contributed by atoms with E-state index in [0.29, 0.717) is 23.2 Å². The van der Waals surface area contributed by atoms with Gasteiger partial charge in [-0.25, -0.2) is 4.79 Å². The van der Waals surface area contributed by atoms with E-state index in [1.165, 1.54) is 6.92 Å². The first kappa shape index (κ1) is 16.9. The van der Waals surface area contributed by atoms with Crippen molar-refractivity contribution < 1.29 is 19.1 Å². The quantitative estimate of drug-likeness (QED) is 0.687. The monoisotopic (exact) mass is 337 g/mol. The zero-order chi connectivity index (χ0) is 18.0. The lowest BCUT2D eigenvalue weighted by molar-refractivity contribution is -0.125. The molecule has 3 rings (SSSR count). The highest BCUT2D eigenvalue weighted by atomic mass is 16.5. The van der Waals surface area contributed by atoms with Gasteiger partial charge in [0.25, 0.3) is 5.91 Å². The van der Waals surface area contributed by atoms with Gasteiger partial charge in [0.05, 0.1) is 5.56 Å². The highest BCUT2D eigenvalue weighted by Crippen LogP contribution is 2.23. The van der Waals surface area contributed by atoms with Gasteiger partial charge in [-0.05, 0) is 42.7 Å². The largest absolute Gasteiger partial charge is 0.448 e. The second-order valence-corrected chi connectivity index (χ2v) is 6.07. The number of ether oxygens (including phenoxy) is 1. The molecule has 2 aromatic rings. The molecule has 1 aliphatic heterocycles. The average Bonchev–Trinajstić information content (AvgIpc) is 2.61. The lowest BCUT2D eigenvalue weighted by Gasteiger charge is -2.24. The van der Waals surface area contributed by atoms with E-state index >= 15 is 0 Å². The van der Waals surface area contributed by atoms with Crippen LogP contribution in [0.1, 0.15) is 45.7 Å². The van der Waals surface area contributed by atoms with E-state index < -0.39 is 18.0 Å². The Balaban J connectivity index is 1.78. The Hall–Kier alpha value is -2.95. The van der Waals surface area contributed by atoms with Crippen LogP contribution in [-0.4, -0.2) is 23.8 Å². The number of amides is 1. The Labute approximate surface area is 146 Å². The van der Waals surface area contributed by atoms with E-state index in [4.69, 9.17) is 4.74 Å². The number of Topliss-reactive ketones (excluding diaryl/α,β-unsaturated/α-hetero) is 1. The van der Waals surface area contributed by atoms with Crippen LogP contribution < -0.4 is 5.32 Å². The van der Waals surface area contributed by atoms with Crippen molar-refractivity contribution in [2.24, 2.45) is 0 Å². The first-order valence-corrected chi connectivity index (χ1v) is 8.22. The maximum atomic E-state index is 12.5. The van der Waals surface area contributed by atoms with Crippen molar-refractivity contribution in [3.8, 4) is 0 Å². The molecule has 1 atom stereocenters. The number of benzene rings is 2. The molecule has 0 radical (unpaired) electrons. The van der Waals surface area contributed by atoms with Gasteiger partial charge in [0.15, 0.2) is 11.9 Å². The Morgan fingerprint density at radius 1 is 1.20 bits per heavy atom. The number of fused-ring (bicyclic) bond motifs is 1. The van der Waals surface area contributed by atoms with E-state index in [1.54, 1.807) is 30.3 Å². The number of hydrogen-bond acceptors (Lipinski definition) is 4. The standard InChI is InChI=1S/C20H19NO4/c1-3-13-7-8-17-15(9-13)11-18(25-20(17)24)19(23)21-16-6-4-5-14(10-16)12(2)22/h4-10,18H,3,11H2,1-2H3,(H,21,23). The third kappa shape index (κ3) is 3.60. The predicted molar refractivity (Wildman–Crippen MR) is 93.8 cm³/mol. The summed E-state index contributed by atoms with van der Waals surface area (Å²) >= 11 is 0. The van der Waals surface area contributed by atoms with Crippen molar-refractivity contribution in [1.82, 2.24) is 0 Å². The highest BCUT2D eigenvalue weighted by molar-refractivity contribution is 6.01. The lowest BCUT2D eigenvalue weighted by Crippen LogP contribution is -2.38. The van der Waals surface area contributed by atoms with Gasteiger partial charge in [0, 0.05) is 17.7 Å². The van der Waals surface area contributed by atoms with Crippen LogP contribution >= 0.6 is 0 Å². The summed E-state index contributed by atoms with van der Waals surface area (Å²) in [5.74, 6) is -0.968. The summed E-state index contributed by atoms with van der Waals surface area (Å²) in [6.07, 6.45) is 0.317. The van der Waals surface area contributed by atoms with Crippen molar-refractivity contribution in [1.29, 1.82) is 0 Å². The predicted octanol–water partition coefficient (Wildman–Crippen LogP) is 3.17. The molecule has 1 N–H and O–H groups in total. The third-order valence-electron chi connectivity index (χ3n) is 4.28. The van der Waals surface area contributed by atoms with Crippen LogP contribution in [-0.2, 0) is 22.4 Å². The minimum Gasteiger partial charge on any atom is -0.448 e. The third-order valence-corrected chi connectivity index (χ3v) is 4.28. The average molecular weight is 337 g/mol. The minimum atomic E-state index is -0.881. The number of ketones is 1. The molecule has 0 saturated carbocycles. The second kappa shape index (κ2) is 6.89. The molecule has 0 spiro atoms. The summed E-state index contributed by atoms with van der Waals surface area (Å²) in [7, 11) is 0. The fourth-order valence-electron chi connectivity index (χ4n) is 2.85. The van der Waals surface area contributed by atoms with Crippen LogP contribution in [0.3, 0.4) is 0 Å². The van der Waals surface area contributed by atoms with Gasteiger partial charge in [-0.3, -0.25) is 9.59 Å². The van der Waals surface area contributed by atoms with Crippen molar-refractivity contribution in [2.45, 2.75) is 32.8 Å². The van der Waals surface area contributed by atoms with Crippen LogP contribution in [0.4, 0.5) is 5.69 Å². The number of cyclic esters (lactones) is 1. The molecule has 1 aliphatic rings. The first-order chi connectivity index (χ1) is 12.0. The second-order valence-electron chi connectivity index (χ2n) is 6.07. The normalized spacial score (nSPS) is 15.9. The molecular weight excluding hydrogens is 318 g/mol. The fraction of sp³-hybridized carbons (Fsp3) is 0.250. The van der Waals surface area contributed by atoms with Crippen molar-refractivity contribution >= 4 is 23.3 Å². The first-order valence-electron chi connectivity index (χ1n) is 8.22. The highest BCUT2D eigenvalue weighted by Gasteiger charge is 2.31. The fourth-order valence-corrected chi connectivity index (χ4v) is 2.85. The van der Waals surface area contributed by atoms with Gasteiger partial charge in [-0.15, -0.1) is 0 Å². The smallest absolute Gasteiger partial charge is 0.339 e. The number of carbonyl (C=O) groups is 3. The van der Waals surface area contributed by atoms with E-state index in [2.05, 4.69) is 5.32 Å². The van der Waals surface area contributed by atoms with Gasteiger partial charge >= 0.3 is 5.97 Å². The van der Waals surface area contributed by atoms with Crippen LogP contribution in [0, 0.1) is 0 Å². The number of aryl methyl sites for hydroxylation is 1. The van der Waals surface area contributed by atoms with Crippen molar-refractivity contribution in [3.05, 3.63) is 64.7 Å². The van der Waals surface area contributed by atoms with Gasteiger partial charge < -0.3 is 10.1 Å². The van der Waals surface area contributed by atoms with Crippen molar-refractivity contribution in [2.75, 3.05) is 5.32 Å². The number of hydrogen-bond donors (Lipinski definition) is 1. The molecule has 1 unspecified atom stereocenters. The molecule has 1 amide bonds. The van der Waals surface area contributed by atoms with E-state index in [9.17, 15) is 14.4 Å². The molecule has 5 nitrogen and oxygen atoms in total. The minimum absolute atomic E-state index is 0.0822. The Bertz CT molecular complexity index is 857. The van der Waals surface area contributed by atoms with Crippen molar-refractivity contribution in [3.63, 3.8) is 0 Å². The summed E-state index contributed by atoms with van der Waals surface area (Å²) in [4.78, 5) is 36.1. The van der Waals surface area contributed by atoms with Gasteiger partial charge in [-0.2, -0.15) is 0 Å². The Morgan fingerprint density at radius 3 is 2.72 bits per heavy atom. The van der Waals surface area contributed by atoms with Gasteiger partial charge in [0.1, 0.15) is 0 Å². The van der Waals surface area contributed by atoms with Crippen LogP contribution in [0.5, 0.6) is 0 Å². The SMILES string of the molecule is CCc1ccc2c(c1)CC(C(=O)Nc1cccc(C(C)=O)c1)OC2=O. The molecule has 0 saturated heterocycles. The summed E-state index contributed by atoms with van der Waals surface area (Å²) in [5.41, 5.74) is 3.47. The zero-order valence-corrected chi connectivity index (χ0v) is 14.2. The van der Waals surface area contributed by atoms with E-state index in [1.807, 2.05) is 19.1 Å². The number of rotatable bonds is 4. The molecule has 25 heavy (non-hydrogen) atoms. The molecule has 2 aromatic carbocycles. The van der Waals surface area contributed by atoms with Crippen LogP contribution in [0.2, 0.25) is 0 Å². The molecule has 0 bridgehead atoms. The van der Waals surface area contributed by atoms with Crippen LogP contribution in [0.15, 0.2) is 42.5 Å². The molecule has 0 fully saturated rings. The zero-order valence-electron chi connectivity index (χ0n) is 14.2. The molecule has 1 heterocycles. The Kier molecular flexibility index (Phi) is 4.65. The summed E-state index contributed by atoms with van der Waals surface area (Å²) in [6.45, 7) is 3.50. The lowest BCUT2D eigenvalue weighted by atomic mass is 9.95. The Morgan fingerprint density at radius 2 is 2.00 bits per heavy atom. The van der Waals surface area contributed by atoms with Gasteiger partial charge in [0.2, 0.25) is 0 Å². The summed E-state index contributed by atoms with van der Waals surface area (Å²) in [6, 6.07) is 12.3.